The molecule has 0 aliphatic carbocycles. The van der Waals surface area contributed by atoms with Gasteiger partial charge in [-0.1, -0.05) is 23.7 Å². The molecule has 0 bridgehead atoms. The normalized spacial score (nSPS) is 12.0. The van der Waals surface area contributed by atoms with Crippen LogP contribution in [0.2, 0.25) is 5.02 Å². The van der Waals surface area contributed by atoms with Crippen LogP contribution in [0.1, 0.15) is 22.0 Å². The molecule has 1 atom stereocenters. The van der Waals surface area contributed by atoms with Crippen molar-refractivity contribution in [3.8, 4) is 0 Å². The van der Waals surface area contributed by atoms with Gasteiger partial charge in [-0.05, 0) is 48.2 Å². The fraction of sp³-hybridized carbons (Fsp3) is 0.188. The second-order valence-corrected chi connectivity index (χ2v) is 5.82. The van der Waals surface area contributed by atoms with Gasteiger partial charge in [0.05, 0.1) is 6.10 Å². The highest BCUT2D eigenvalue weighted by Gasteiger charge is 2.10. The Hall–Kier alpha value is -1.49. The highest BCUT2D eigenvalue weighted by Crippen LogP contribution is 2.17. The number of halogens is 1. The number of rotatable bonds is 5. The van der Waals surface area contributed by atoms with E-state index in [1.807, 2.05) is 18.4 Å². The molecule has 2 aromatic carbocycles. The Bertz CT molecular complexity index is 599. The van der Waals surface area contributed by atoms with Gasteiger partial charge in [0.15, 0.2) is 0 Å². The van der Waals surface area contributed by atoms with Crippen LogP contribution >= 0.6 is 23.4 Å². The molecule has 0 aliphatic rings. The molecule has 2 rings (SSSR count). The van der Waals surface area contributed by atoms with Crippen LogP contribution < -0.4 is 5.32 Å². The third-order valence-corrected chi connectivity index (χ3v) is 4.06. The number of aliphatic hydroxyl groups excluding tert-OH is 1. The van der Waals surface area contributed by atoms with Gasteiger partial charge in [0.1, 0.15) is 0 Å². The molecule has 2 aromatic rings. The summed E-state index contributed by atoms with van der Waals surface area (Å²) in [5, 5.41) is 13.4. The Morgan fingerprint density at radius 3 is 2.38 bits per heavy atom. The maximum absolute atomic E-state index is 12.0. The molecule has 0 aliphatic heterocycles. The summed E-state index contributed by atoms with van der Waals surface area (Å²) in [6, 6.07) is 14.3. The molecule has 2 N–H and O–H groups in total. The van der Waals surface area contributed by atoms with Crippen LogP contribution in [0.25, 0.3) is 0 Å². The number of amides is 1. The van der Waals surface area contributed by atoms with Crippen LogP contribution in [-0.4, -0.2) is 23.8 Å². The van der Waals surface area contributed by atoms with Gasteiger partial charge in [0.2, 0.25) is 0 Å². The van der Waals surface area contributed by atoms with Gasteiger partial charge in [0, 0.05) is 22.0 Å². The van der Waals surface area contributed by atoms with E-state index < -0.39 is 6.10 Å². The molecular weight excluding hydrogens is 306 g/mol. The quantitative estimate of drug-likeness (QED) is 0.828. The van der Waals surface area contributed by atoms with E-state index in [0.29, 0.717) is 10.6 Å². The smallest absolute Gasteiger partial charge is 0.251 e. The molecule has 1 unspecified atom stereocenters. The van der Waals surface area contributed by atoms with E-state index in [1.54, 1.807) is 48.2 Å². The maximum Gasteiger partial charge on any atom is 0.251 e. The van der Waals surface area contributed by atoms with Crippen molar-refractivity contribution in [3.05, 3.63) is 64.7 Å². The number of thioether (sulfide) groups is 1. The molecule has 0 fully saturated rings. The van der Waals surface area contributed by atoms with Gasteiger partial charge in [-0.15, -0.1) is 11.8 Å². The van der Waals surface area contributed by atoms with E-state index in [9.17, 15) is 9.90 Å². The Morgan fingerprint density at radius 2 is 1.81 bits per heavy atom. The minimum atomic E-state index is -0.753. The average Bonchev–Trinajstić information content (AvgIpc) is 2.53. The molecule has 0 heterocycles. The topological polar surface area (TPSA) is 49.3 Å². The summed E-state index contributed by atoms with van der Waals surface area (Å²) in [6.07, 6.45) is 1.23. The van der Waals surface area contributed by atoms with Crippen molar-refractivity contribution in [2.24, 2.45) is 0 Å². The summed E-state index contributed by atoms with van der Waals surface area (Å²) in [5.74, 6) is -0.198. The number of nitrogens with one attached hydrogen (secondary N) is 1. The lowest BCUT2D eigenvalue weighted by Crippen LogP contribution is -2.28. The highest BCUT2D eigenvalue weighted by molar-refractivity contribution is 7.98. The summed E-state index contributed by atoms with van der Waals surface area (Å²) in [7, 11) is 0. The first-order valence-electron chi connectivity index (χ1n) is 6.46. The van der Waals surface area contributed by atoms with Crippen LogP contribution in [0.4, 0.5) is 0 Å². The van der Waals surface area contributed by atoms with Crippen molar-refractivity contribution in [1.82, 2.24) is 5.32 Å². The SMILES string of the molecule is CSc1ccc(C(=O)NCC(O)c2ccc(Cl)cc2)cc1. The number of benzene rings is 2. The molecule has 0 spiro atoms. The Balaban J connectivity index is 1.92. The van der Waals surface area contributed by atoms with Crippen LogP contribution in [0.15, 0.2) is 53.4 Å². The zero-order valence-electron chi connectivity index (χ0n) is 11.5. The molecule has 110 valence electrons. The Labute approximate surface area is 133 Å². The zero-order valence-corrected chi connectivity index (χ0v) is 13.1. The summed E-state index contributed by atoms with van der Waals surface area (Å²) >= 11 is 7.42. The molecule has 0 saturated carbocycles. The van der Waals surface area contributed by atoms with Crippen molar-refractivity contribution < 1.29 is 9.90 Å². The van der Waals surface area contributed by atoms with Crippen molar-refractivity contribution in [2.75, 3.05) is 12.8 Å². The number of aliphatic hydroxyl groups is 1. The second-order valence-electron chi connectivity index (χ2n) is 4.51. The summed E-state index contributed by atoms with van der Waals surface area (Å²) in [4.78, 5) is 13.1. The van der Waals surface area contributed by atoms with Gasteiger partial charge < -0.3 is 10.4 Å². The average molecular weight is 322 g/mol. The van der Waals surface area contributed by atoms with Gasteiger partial charge in [0.25, 0.3) is 5.91 Å². The Morgan fingerprint density at radius 1 is 1.19 bits per heavy atom. The van der Waals surface area contributed by atoms with E-state index in [4.69, 9.17) is 11.6 Å². The molecule has 21 heavy (non-hydrogen) atoms. The summed E-state index contributed by atoms with van der Waals surface area (Å²) in [5.41, 5.74) is 1.30. The van der Waals surface area contributed by atoms with Crippen LogP contribution in [0.5, 0.6) is 0 Å². The molecule has 5 heteroatoms. The fourth-order valence-corrected chi connectivity index (χ4v) is 2.37. The fourth-order valence-electron chi connectivity index (χ4n) is 1.84. The summed E-state index contributed by atoms with van der Waals surface area (Å²) < 4.78 is 0. The van der Waals surface area contributed by atoms with Gasteiger partial charge >= 0.3 is 0 Å². The predicted octanol–water partition coefficient (Wildman–Crippen LogP) is 3.53. The zero-order chi connectivity index (χ0) is 15.2. The Kier molecular flexibility index (Phi) is 5.67. The molecule has 3 nitrogen and oxygen atoms in total. The van der Waals surface area contributed by atoms with Crippen molar-refractivity contribution in [1.29, 1.82) is 0 Å². The first-order valence-corrected chi connectivity index (χ1v) is 8.06. The van der Waals surface area contributed by atoms with Crippen LogP contribution in [-0.2, 0) is 0 Å². The molecular formula is C16H16ClNO2S. The number of hydrogen-bond donors (Lipinski definition) is 2. The molecule has 0 aromatic heterocycles. The van der Waals surface area contributed by atoms with E-state index in [0.717, 1.165) is 10.5 Å². The number of carbonyl (C=O) groups is 1. The maximum atomic E-state index is 12.0. The minimum Gasteiger partial charge on any atom is -0.387 e. The molecule has 0 radical (unpaired) electrons. The van der Waals surface area contributed by atoms with E-state index >= 15 is 0 Å². The van der Waals surface area contributed by atoms with Gasteiger partial charge in [-0.3, -0.25) is 4.79 Å². The molecule has 0 saturated heterocycles. The lowest BCUT2D eigenvalue weighted by Gasteiger charge is -2.12. The highest BCUT2D eigenvalue weighted by atomic mass is 35.5. The lowest BCUT2D eigenvalue weighted by molar-refractivity contribution is 0.0916. The number of carbonyl (C=O) groups excluding carboxylic acids is 1. The monoisotopic (exact) mass is 321 g/mol. The van der Waals surface area contributed by atoms with Gasteiger partial charge in [-0.2, -0.15) is 0 Å². The summed E-state index contributed by atoms with van der Waals surface area (Å²) in [6.45, 7) is 0.157. The minimum absolute atomic E-state index is 0.157. The van der Waals surface area contributed by atoms with Gasteiger partial charge in [-0.25, -0.2) is 0 Å². The van der Waals surface area contributed by atoms with E-state index in [-0.39, 0.29) is 12.5 Å². The second kappa shape index (κ2) is 7.50. The lowest BCUT2D eigenvalue weighted by atomic mass is 10.1. The first kappa shape index (κ1) is 15.9. The van der Waals surface area contributed by atoms with Crippen molar-refractivity contribution >= 4 is 29.3 Å². The van der Waals surface area contributed by atoms with Crippen LogP contribution in [0, 0.1) is 0 Å². The third kappa shape index (κ3) is 4.49. The van der Waals surface area contributed by atoms with Crippen molar-refractivity contribution in [2.45, 2.75) is 11.0 Å². The van der Waals surface area contributed by atoms with Crippen molar-refractivity contribution in [3.63, 3.8) is 0 Å². The van der Waals surface area contributed by atoms with E-state index in [2.05, 4.69) is 5.32 Å². The first-order chi connectivity index (χ1) is 10.1. The largest absolute Gasteiger partial charge is 0.387 e. The van der Waals surface area contributed by atoms with E-state index in [1.165, 1.54) is 0 Å². The van der Waals surface area contributed by atoms with Crippen LogP contribution in [0.3, 0.4) is 0 Å². The standard InChI is InChI=1S/C16H16ClNO2S/c1-21-14-8-4-12(5-9-14)16(20)18-10-15(19)11-2-6-13(17)7-3-11/h2-9,15,19H,10H2,1H3,(H,18,20). The number of hydrogen-bond acceptors (Lipinski definition) is 3. The third-order valence-electron chi connectivity index (χ3n) is 3.06. The predicted molar refractivity (Wildman–Crippen MR) is 87.0 cm³/mol. The molecule has 1 amide bonds.